The average Bonchev–Trinajstić information content (AvgIpc) is 2.36. The summed E-state index contributed by atoms with van der Waals surface area (Å²) in [4.78, 5) is 11.7. The van der Waals surface area contributed by atoms with Crippen LogP contribution in [0.5, 0.6) is 0 Å². The van der Waals surface area contributed by atoms with Gasteiger partial charge < -0.3 is 14.8 Å². The quantitative estimate of drug-likeness (QED) is 0.669. The topological polar surface area (TPSA) is 47.6 Å². The minimum Gasteiger partial charge on any atom is -0.444 e. The van der Waals surface area contributed by atoms with Crippen molar-refractivity contribution in [3.63, 3.8) is 0 Å². The molecule has 0 saturated heterocycles. The number of hydrogen-bond acceptors (Lipinski definition) is 3. The smallest absolute Gasteiger partial charge is 0.407 e. The Morgan fingerprint density at radius 1 is 1.20 bits per heavy atom. The third-order valence-electron chi connectivity index (χ3n) is 3.11. The number of hydrogen-bond donors (Lipinski definition) is 1. The molecule has 0 aliphatic rings. The van der Waals surface area contributed by atoms with E-state index in [1.807, 2.05) is 27.7 Å². The number of rotatable bonds is 8. The molecular formula is C15H30BrNO3. The predicted molar refractivity (Wildman–Crippen MR) is 86.5 cm³/mol. The molecule has 0 aromatic carbocycles. The standard InChI is InChI=1S/C15H30BrNO3/c1-7-12(8-2)9-19-15(6,10-16)11-17-13(18)20-14(3,4)5/h12H,7-11H2,1-6H3,(H,17,18). The summed E-state index contributed by atoms with van der Waals surface area (Å²) >= 11 is 3.46. The minimum atomic E-state index is -0.481. The fourth-order valence-corrected chi connectivity index (χ4v) is 1.91. The van der Waals surface area contributed by atoms with Crippen molar-refractivity contribution >= 4 is 22.0 Å². The van der Waals surface area contributed by atoms with Gasteiger partial charge in [0.2, 0.25) is 0 Å². The van der Waals surface area contributed by atoms with Crippen molar-refractivity contribution in [1.82, 2.24) is 5.32 Å². The molecule has 1 unspecified atom stereocenters. The zero-order chi connectivity index (χ0) is 15.8. The van der Waals surface area contributed by atoms with Crippen molar-refractivity contribution in [1.29, 1.82) is 0 Å². The summed E-state index contributed by atoms with van der Waals surface area (Å²) in [6.07, 6.45) is 1.80. The number of ether oxygens (including phenoxy) is 2. The van der Waals surface area contributed by atoms with Crippen molar-refractivity contribution in [2.75, 3.05) is 18.5 Å². The number of halogens is 1. The fourth-order valence-electron chi connectivity index (χ4n) is 1.55. The molecule has 0 fully saturated rings. The van der Waals surface area contributed by atoms with Gasteiger partial charge in [-0.3, -0.25) is 0 Å². The summed E-state index contributed by atoms with van der Waals surface area (Å²) in [5.41, 5.74) is -0.898. The van der Waals surface area contributed by atoms with E-state index in [-0.39, 0.29) is 0 Å². The summed E-state index contributed by atoms with van der Waals surface area (Å²) in [6.45, 7) is 13.0. The molecule has 0 heterocycles. The molecule has 0 rings (SSSR count). The van der Waals surface area contributed by atoms with Crippen LogP contribution in [-0.4, -0.2) is 35.8 Å². The van der Waals surface area contributed by atoms with E-state index in [1.165, 1.54) is 0 Å². The van der Waals surface area contributed by atoms with E-state index in [9.17, 15) is 4.79 Å². The first-order chi connectivity index (χ1) is 9.15. The molecule has 1 amide bonds. The third-order valence-corrected chi connectivity index (χ3v) is 4.30. The summed E-state index contributed by atoms with van der Waals surface area (Å²) in [5, 5.41) is 3.44. The van der Waals surface area contributed by atoms with Gasteiger partial charge in [-0.2, -0.15) is 0 Å². The molecule has 120 valence electrons. The second-order valence-corrected chi connectivity index (χ2v) is 6.99. The Kier molecular flexibility index (Phi) is 8.75. The first-order valence-corrected chi connectivity index (χ1v) is 8.44. The molecule has 0 spiro atoms. The number of alkyl halides is 1. The minimum absolute atomic E-state index is 0.407. The third kappa shape index (κ3) is 8.80. The first kappa shape index (κ1) is 19.7. The normalized spacial score (nSPS) is 15.0. The van der Waals surface area contributed by atoms with Gasteiger partial charge in [0.1, 0.15) is 5.60 Å². The lowest BCUT2D eigenvalue weighted by atomic mass is 10.0. The van der Waals surface area contributed by atoms with Crippen LogP contribution in [0.3, 0.4) is 0 Å². The summed E-state index contributed by atoms with van der Waals surface area (Å²) in [6, 6.07) is 0. The lowest BCUT2D eigenvalue weighted by Gasteiger charge is -2.30. The maximum atomic E-state index is 11.7. The largest absolute Gasteiger partial charge is 0.444 e. The second-order valence-electron chi connectivity index (χ2n) is 6.43. The Bertz CT molecular complexity index is 287. The van der Waals surface area contributed by atoms with E-state index in [0.717, 1.165) is 12.8 Å². The summed E-state index contributed by atoms with van der Waals surface area (Å²) in [7, 11) is 0. The van der Waals surface area contributed by atoms with Gasteiger partial charge in [-0.15, -0.1) is 0 Å². The average molecular weight is 352 g/mol. The van der Waals surface area contributed by atoms with E-state index in [1.54, 1.807) is 0 Å². The molecule has 0 saturated carbocycles. The van der Waals surface area contributed by atoms with Crippen molar-refractivity contribution in [3.8, 4) is 0 Å². The Morgan fingerprint density at radius 2 is 1.75 bits per heavy atom. The number of nitrogens with one attached hydrogen (secondary N) is 1. The van der Waals surface area contributed by atoms with Gasteiger partial charge in [0, 0.05) is 5.33 Å². The Morgan fingerprint density at radius 3 is 2.15 bits per heavy atom. The molecule has 0 aromatic heterocycles. The number of carbonyl (C=O) groups is 1. The van der Waals surface area contributed by atoms with Crippen LogP contribution in [0.2, 0.25) is 0 Å². The first-order valence-electron chi connectivity index (χ1n) is 7.32. The van der Waals surface area contributed by atoms with Crippen molar-refractivity contribution in [3.05, 3.63) is 0 Å². The molecule has 0 bridgehead atoms. The highest BCUT2D eigenvalue weighted by atomic mass is 79.9. The molecule has 5 heteroatoms. The van der Waals surface area contributed by atoms with Gasteiger partial charge in [-0.05, 0) is 33.6 Å². The molecule has 1 atom stereocenters. The zero-order valence-electron chi connectivity index (χ0n) is 13.7. The second kappa shape index (κ2) is 8.88. The van der Waals surface area contributed by atoms with Gasteiger partial charge in [0.05, 0.1) is 18.8 Å². The Balaban J connectivity index is 4.27. The molecule has 20 heavy (non-hydrogen) atoms. The van der Waals surface area contributed by atoms with Gasteiger partial charge >= 0.3 is 6.09 Å². The maximum absolute atomic E-state index is 11.7. The summed E-state index contributed by atoms with van der Waals surface area (Å²) in [5.74, 6) is 0.565. The van der Waals surface area contributed by atoms with Gasteiger partial charge in [-0.25, -0.2) is 4.79 Å². The van der Waals surface area contributed by atoms with Crippen LogP contribution in [0.1, 0.15) is 54.4 Å². The van der Waals surface area contributed by atoms with Crippen molar-refractivity contribution in [2.45, 2.75) is 65.6 Å². The lowest BCUT2D eigenvalue weighted by molar-refractivity contribution is -0.0327. The van der Waals surface area contributed by atoms with E-state index < -0.39 is 17.3 Å². The maximum Gasteiger partial charge on any atom is 0.407 e. The highest BCUT2D eigenvalue weighted by Gasteiger charge is 2.27. The highest BCUT2D eigenvalue weighted by molar-refractivity contribution is 9.09. The molecule has 0 aliphatic carbocycles. The van der Waals surface area contributed by atoms with Crippen LogP contribution in [-0.2, 0) is 9.47 Å². The van der Waals surface area contributed by atoms with Crippen LogP contribution in [0.25, 0.3) is 0 Å². The van der Waals surface area contributed by atoms with Gasteiger partial charge in [0.25, 0.3) is 0 Å². The monoisotopic (exact) mass is 351 g/mol. The lowest BCUT2D eigenvalue weighted by Crippen LogP contribution is -2.46. The summed E-state index contributed by atoms with van der Waals surface area (Å²) < 4.78 is 11.2. The van der Waals surface area contributed by atoms with Crippen molar-refractivity contribution in [2.24, 2.45) is 5.92 Å². The van der Waals surface area contributed by atoms with Crippen LogP contribution in [0.4, 0.5) is 4.79 Å². The predicted octanol–water partition coefficient (Wildman–Crippen LogP) is 4.12. The van der Waals surface area contributed by atoms with Crippen LogP contribution >= 0.6 is 15.9 Å². The van der Waals surface area contributed by atoms with E-state index >= 15 is 0 Å². The number of amides is 1. The molecule has 0 radical (unpaired) electrons. The Hall–Kier alpha value is -0.290. The van der Waals surface area contributed by atoms with Gasteiger partial charge in [0.15, 0.2) is 0 Å². The highest BCUT2D eigenvalue weighted by Crippen LogP contribution is 2.17. The van der Waals surface area contributed by atoms with E-state index in [2.05, 4.69) is 35.1 Å². The van der Waals surface area contributed by atoms with Crippen LogP contribution in [0.15, 0.2) is 0 Å². The molecule has 0 aromatic rings. The molecular weight excluding hydrogens is 322 g/mol. The van der Waals surface area contributed by atoms with E-state index in [0.29, 0.717) is 24.4 Å². The molecule has 0 aliphatic heterocycles. The van der Waals surface area contributed by atoms with Crippen LogP contribution in [0, 0.1) is 5.92 Å². The van der Waals surface area contributed by atoms with Gasteiger partial charge in [-0.1, -0.05) is 42.6 Å². The number of alkyl carbamates (subject to hydrolysis) is 1. The molecule has 1 N–H and O–H groups in total. The van der Waals surface area contributed by atoms with Crippen LogP contribution < -0.4 is 5.32 Å². The fraction of sp³-hybridized carbons (Fsp3) is 0.933. The number of carbonyl (C=O) groups excluding carboxylic acids is 1. The molecule has 4 nitrogen and oxygen atoms in total. The van der Waals surface area contributed by atoms with Crippen molar-refractivity contribution < 1.29 is 14.3 Å². The SMILES string of the molecule is CCC(CC)COC(C)(CBr)CNC(=O)OC(C)(C)C. The Labute approximate surface area is 132 Å². The van der Waals surface area contributed by atoms with E-state index in [4.69, 9.17) is 9.47 Å². The zero-order valence-corrected chi connectivity index (χ0v) is 15.3.